The molecule has 6 heteroatoms. The number of carbonyl (C=O) groups excluding carboxylic acids is 1. The van der Waals surface area contributed by atoms with Crippen molar-refractivity contribution in [3.8, 4) is 5.75 Å². The smallest absolute Gasteiger partial charge is 0.259 e. The molecule has 0 fully saturated rings. The third-order valence-electron chi connectivity index (χ3n) is 5.22. The first-order chi connectivity index (χ1) is 14.6. The van der Waals surface area contributed by atoms with E-state index in [0.717, 1.165) is 36.9 Å². The molecule has 1 aliphatic carbocycles. The molecule has 2 N–H and O–H groups in total. The predicted molar refractivity (Wildman–Crippen MR) is 125 cm³/mol. The molecule has 0 saturated heterocycles. The van der Waals surface area contributed by atoms with E-state index in [4.69, 9.17) is 11.6 Å². The Hall–Kier alpha value is -2.63. The van der Waals surface area contributed by atoms with Gasteiger partial charge in [0.05, 0.1) is 5.56 Å². The van der Waals surface area contributed by atoms with Crippen LogP contribution in [0.4, 0.5) is 10.7 Å². The van der Waals surface area contributed by atoms with Crippen LogP contribution < -0.4 is 5.32 Å². The van der Waals surface area contributed by atoms with E-state index in [1.165, 1.54) is 17.7 Å². The quantitative estimate of drug-likeness (QED) is 0.441. The van der Waals surface area contributed by atoms with E-state index in [0.29, 0.717) is 21.2 Å². The number of nitrogens with zero attached hydrogens (tertiary/aromatic N) is 1. The number of amides is 1. The maximum absolute atomic E-state index is 13.2. The van der Waals surface area contributed by atoms with E-state index in [2.05, 4.69) is 10.3 Å². The van der Waals surface area contributed by atoms with Crippen molar-refractivity contribution in [1.29, 1.82) is 0 Å². The second-order valence-electron chi connectivity index (χ2n) is 7.38. The Balaban J connectivity index is 1.73. The van der Waals surface area contributed by atoms with Crippen molar-refractivity contribution in [2.75, 3.05) is 5.32 Å². The number of aryl methyl sites for hydroxylation is 1. The predicted octanol–water partition coefficient (Wildman–Crippen LogP) is 6.77. The molecule has 0 saturated carbocycles. The fourth-order valence-electron chi connectivity index (χ4n) is 3.70. The number of hydrogen-bond acceptors (Lipinski definition) is 4. The number of benzene rings is 2. The van der Waals surface area contributed by atoms with E-state index in [1.807, 2.05) is 30.3 Å². The summed E-state index contributed by atoms with van der Waals surface area (Å²) in [5, 5.41) is 14.3. The third kappa shape index (κ3) is 4.74. The standard InChI is InChI=1S/C24H23ClN2O2S/c25-17-12-13-20(28)16(14-17)15-26-24-22(23(29)27-18-8-4-3-5-9-18)19-10-6-1-2-7-11-21(19)30-24/h3-5,8-9,12-15,28H,1-2,6-7,10-11H2,(H,27,29). The first-order valence-corrected chi connectivity index (χ1v) is 11.3. The highest BCUT2D eigenvalue weighted by Gasteiger charge is 2.24. The molecule has 0 radical (unpaired) electrons. The van der Waals surface area contributed by atoms with Crippen LogP contribution in [0.5, 0.6) is 5.75 Å². The number of anilines is 1. The Morgan fingerprint density at radius 3 is 2.63 bits per heavy atom. The van der Waals surface area contributed by atoms with Gasteiger partial charge in [0.1, 0.15) is 10.8 Å². The number of halogens is 1. The highest BCUT2D eigenvalue weighted by molar-refractivity contribution is 7.16. The first-order valence-electron chi connectivity index (χ1n) is 10.2. The van der Waals surface area contributed by atoms with E-state index < -0.39 is 0 Å². The van der Waals surface area contributed by atoms with Crippen LogP contribution in [0.15, 0.2) is 53.5 Å². The normalized spacial score (nSPS) is 14.2. The molecular formula is C24H23ClN2O2S. The molecule has 0 atom stereocenters. The number of fused-ring (bicyclic) bond motifs is 1. The van der Waals surface area contributed by atoms with Gasteiger partial charge in [-0.2, -0.15) is 0 Å². The summed E-state index contributed by atoms with van der Waals surface area (Å²) < 4.78 is 0. The lowest BCUT2D eigenvalue weighted by atomic mass is 9.96. The lowest BCUT2D eigenvalue weighted by Crippen LogP contribution is -2.14. The number of phenols is 1. The minimum Gasteiger partial charge on any atom is -0.507 e. The average Bonchev–Trinajstić information content (AvgIpc) is 3.06. The van der Waals surface area contributed by atoms with Gasteiger partial charge in [-0.3, -0.25) is 4.79 Å². The fourth-order valence-corrected chi connectivity index (χ4v) is 5.11. The summed E-state index contributed by atoms with van der Waals surface area (Å²) in [6.45, 7) is 0. The number of rotatable bonds is 4. The number of para-hydroxylation sites is 1. The number of nitrogens with one attached hydrogen (secondary N) is 1. The van der Waals surface area contributed by atoms with Crippen molar-refractivity contribution in [3.05, 3.63) is 75.1 Å². The Morgan fingerprint density at radius 2 is 1.83 bits per heavy atom. The zero-order valence-corrected chi connectivity index (χ0v) is 18.1. The summed E-state index contributed by atoms with van der Waals surface area (Å²) in [5.74, 6) is -0.0323. The van der Waals surface area contributed by atoms with Crippen molar-refractivity contribution < 1.29 is 9.90 Å². The molecule has 1 amide bonds. The van der Waals surface area contributed by atoms with Crippen molar-refractivity contribution in [2.24, 2.45) is 4.99 Å². The highest BCUT2D eigenvalue weighted by Crippen LogP contribution is 2.39. The molecule has 154 valence electrons. The van der Waals surface area contributed by atoms with E-state index >= 15 is 0 Å². The maximum Gasteiger partial charge on any atom is 0.259 e. The maximum atomic E-state index is 13.2. The van der Waals surface area contributed by atoms with Gasteiger partial charge in [-0.25, -0.2) is 4.99 Å². The number of aliphatic imine (C=N–C) groups is 1. The van der Waals surface area contributed by atoms with Crippen molar-refractivity contribution in [1.82, 2.24) is 0 Å². The van der Waals surface area contributed by atoms with Gasteiger partial charge >= 0.3 is 0 Å². The van der Waals surface area contributed by atoms with Gasteiger partial charge < -0.3 is 10.4 Å². The molecule has 2 aromatic carbocycles. The number of aromatic hydroxyl groups is 1. The number of phenolic OH excluding ortho intramolecular Hbond substituents is 1. The highest BCUT2D eigenvalue weighted by atomic mass is 35.5. The van der Waals surface area contributed by atoms with Crippen molar-refractivity contribution >= 4 is 45.7 Å². The molecule has 0 bridgehead atoms. The fraction of sp³-hybridized carbons (Fsp3) is 0.250. The van der Waals surface area contributed by atoms with E-state index in [1.54, 1.807) is 35.8 Å². The minimum absolute atomic E-state index is 0.105. The van der Waals surface area contributed by atoms with Crippen LogP contribution in [0.2, 0.25) is 5.02 Å². The molecule has 30 heavy (non-hydrogen) atoms. The van der Waals surface area contributed by atoms with Gasteiger partial charge in [0, 0.05) is 27.4 Å². The van der Waals surface area contributed by atoms with E-state index in [9.17, 15) is 9.90 Å². The molecule has 4 rings (SSSR count). The largest absolute Gasteiger partial charge is 0.507 e. The van der Waals surface area contributed by atoms with Gasteiger partial charge in [0.15, 0.2) is 0 Å². The molecule has 1 heterocycles. The Morgan fingerprint density at radius 1 is 1.07 bits per heavy atom. The molecule has 0 unspecified atom stereocenters. The van der Waals surface area contributed by atoms with Crippen LogP contribution in [-0.2, 0) is 12.8 Å². The topological polar surface area (TPSA) is 61.7 Å². The van der Waals surface area contributed by atoms with Gasteiger partial charge in [-0.15, -0.1) is 11.3 Å². The van der Waals surface area contributed by atoms with Crippen molar-refractivity contribution in [3.63, 3.8) is 0 Å². The second kappa shape index (κ2) is 9.45. The molecule has 3 aromatic rings. The van der Waals surface area contributed by atoms with Crippen LogP contribution in [0.25, 0.3) is 0 Å². The van der Waals surface area contributed by atoms with E-state index in [-0.39, 0.29) is 11.7 Å². The van der Waals surface area contributed by atoms with Crippen LogP contribution in [-0.4, -0.2) is 17.2 Å². The van der Waals surface area contributed by atoms with Crippen LogP contribution in [0.1, 0.15) is 52.0 Å². The SMILES string of the molecule is O=C(Nc1ccccc1)c1c(N=Cc2cc(Cl)ccc2O)sc2c1CCCCCC2. The molecule has 1 aromatic heterocycles. The van der Waals surface area contributed by atoms with Gasteiger partial charge in [0.2, 0.25) is 0 Å². The van der Waals surface area contributed by atoms with Crippen LogP contribution in [0.3, 0.4) is 0 Å². The molecule has 1 aliphatic rings. The summed E-state index contributed by atoms with van der Waals surface area (Å²) in [6.07, 6.45) is 8.06. The Labute approximate surface area is 185 Å². The number of carbonyl (C=O) groups is 1. The molecule has 4 nitrogen and oxygen atoms in total. The lowest BCUT2D eigenvalue weighted by molar-refractivity contribution is 0.102. The lowest BCUT2D eigenvalue weighted by Gasteiger charge is -2.12. The first kappa shape index (κ1) is 20.6. The van der Waals surface area contributed by atoms with Crippen molar-refractivity contribution in [2.45, 2.75) is 38.5 Å². The minimum atomic E-state index is -0.137. The van der Waals surface area contributed by atoms with Gasteiger partial charge in [0.25, 0.3) is 5.91 Å². The molecule has 0 spiro atoms. The average molecular weight is 439 g/mol. The molecular weight excluding hydrogens is 416 g/mol. The zero-order valence-electron chi connectivity index (χ0n) is 16.5. The zero-order chi connectivity index (χ0) is 20.9. The summed E-state index contributed by atoms with van der Waals surface area (Å²) in [4.78, 5) is 19.1. The monoisotopic (exact) mass is 438 g/mol. The number of thiophene rings is 1. The summed E-state index contributed by atoms with van der Waals surface area (Å²) >= 11 is 7.63. The van der Waals surface area contributed by atoms with Crippen LogP contribution in [0, 0.1) is 0 Å². The number of hydrogen-bond donors (Lipinski definition) is 2. The third-order valence-corrected chi connectivity index (χ3v) is 6.66. The summed E-state index contributed by atoms with van der Waals surface area (Å²) in [7, 11) is 0. The Bertz CT molecular complexity index is 1080. The van der Waals surface area contributed by atoms with Crippen LogP contribution >= 0.6 is 22.9 Å². The van der Waals surface area contributed by atoms with Gasteiger partial charge in [-0.05, 0) is 61.6 Å². The van der Waals surface area contributed by atoms with Gasteiger partial charge in [-0.1, -0.05) is 42.6 Å². The summed E-state index contributed by atoms with van der Waals surface area (Å²) in [5.41, 5.74) is 3.06. The summed E-state index contributed by atoms with van der Waals surface area (Å²) in [6, 6.07) is 14.3. The second-order valence-corrected chi connectivity index (χ2v) is 8.90. The Kier molecular flexibility index (Phi) is 6.50. The molecule has 0 aliphatic heterocycles.